The highest BCUT2D eigenvalue weighted by Gasteiger charge is 2.58. The molecule has 1 unspecified atom stereocenters. The first-order valence-corrected chi connectivity index (χ1v) is 10.6. The van der Waals surface area contributed by atoms with Gasteiger partial charge in [0.1, 0.15) is 12.3 Å². The Bertz CT molecular complexity index is 1240. The van der Waals surface area contributed by atoms with E-state index in [2.05, 4.69) is 20.9 Å². The molecule has 1 saturated heterocycles. The fourth-order valence-electron chi connectivity index (χ4n) is 3.72. The number of amides is 1. The van der Waals surface area contributed by atoms with Crippen LogP contribution in [-0.2, 0) is 20.9 Å². The lowest BCUT2D eigenvalue weighted by Gasteiger charge is -2.28. The summed E-state index contributed by atoms with van der Waals surface area (Å²) in [6, 6.07) is 12.3. The van der Waals surface area contributed by atoms with Gasteiger partial charge in [0, 0.05) is 34.5 Å². The second-order valence-corrected chi connectivity index (χ2v) is 9.06. The van der Waals surface area contributed by atoms with Crippen molar-refractivity contribution in [2.24, 2.45) is 0 Å². The van der Waals surface area contributed by atoms with Gasteiger partial charge in [0.2, 0.25) is 5.91 Å². The lowest BCUT2D eigenvalue weighted by molar-refractivity contribution is -0.148. The molecule has 0 aliphatic carbocycles. The van der Waals surface area contributed by atoms with Crippen LogP contribution >= 0.6 is 27.7 Å². The first-order valence-electron chi connectivity index (χ1n) is 8.94. The van der Waals surface area contributed by atoms with Crippen LogP contribution < -0.4 is 10.5 Å². The van der Waals surface area contributed by atoms with Gasteiger partial charge in [0.15, 0.2) is 4.87 Å². The molecule has 0 radical (unpaired) electrons. The van der Waals surface area contributed by atoms with Gasteiger partial charge in [-0.1, -0.05) is 23.9 Å². The average Bonchev–Trinajstić information content (AvgIpc) is 3.22. The van der Waals surface area contributed by atoms with Gasteiger partial charge in [-0.3, -0.25) is 18.9 Å². The number of carbonyl (C=O) groups excluding carboxylic acids is 2. The Morgan fingerprint density at radius 3 is 2.93 bits per heavy atom. The molecule has 2 aliphatic heterocycles. The van der Waals surface area contributed by atoms with Crippen molar-refractivity contribution in [1.29, 1.82) is 0 Å². The predicted octanol–water partition coefficient (Wildman–Crippen LogP) is 3.13. The quantitative estimate of drug-likeness (QED) is 0.545. The molecule has 4 heterocycles. The third-order valence-electron chi connectivity index (χ3n) is 5.02. The van der Waals surface area contributed by atoms with Crippen LogP contribution in [0.3, 0.4) is 0 Å². The molecule has 9 heteroatoms. The smallest absolute Gasteiger partial charge is 0.343 e. The summed E-state index contributed by atoms with van der Waals surface area (Å²) in [7, 11) is 0. The summed E-state index contributed by atoms with van der Waals surface area (Å²) in [5.41, 5.74) is 1.30. The standard InChI is InChI=1S/C20H14BrN3O4S/c21-12-5-6-16-22-13(9-18(26)23(16)10-12)11-28-19(27)20-8-7-17(25)24(20)14-3-1-2-4-15(14)29-20/h1-6,9-10H,7-8,11H2. The second-order valence-electron chi connectivity index (χ2n) is 6.82. The van der Waals surface area contributed by atoms with Gasteiger partial charge in [-0.15, -0.1) is 0 Å². The Labute approximate surface area is 177 Å². The summed E-state index contributed by atoms with van der Waals surface area (Å²) in [6.07, 6.45) is 2.31. The number of thioether (sulfide) groups is 1. The molecule has 0 bridgehead atoms. The Kier molecular flexibility index (Phi) is 4.25. The maximum atomic E-state index is 13.1. The zero-order valence-electron chi connectivity index (χ0n) is 15.0. The molecule has 3 aromatic rings. The van der Waals surface area contributed by atoms with Crippen LogP contribution in [0.4, 0.5) is 5.69 Å². The Hall–Kier alpha value is -2.65. The Morgan fingerprint density at radius 1 is 1.24 bits per heavy atom. The van der Waals surface area contributed by atoms with Crippen molar-refractivity contribution in [3.05, 3.63) is 69.2 Å². The van der Waals surface area contributed by atoms with Crippen molar-refractivity contribution < 1.29 is 14.3 Å². The van der Waals surface area contributed by atoms with Gasteiger partial charge in [0.05, 0.1) is 11.4 Å². The number of ether oxygens (including phenoxy) is 1. The average molecular weight is 472 g/mol. The summed E-state index contributed by atoms with van der Waals surface area (Å²) in [6.45, 7) is -0.138. The fourth-order valence-corrected chi connectivity index (χ4v) is 5.47. The number of para-hydroxylation sites is 1. The minimum absolute atomic E-state index is 0.0907. The highest BCUT2D eigenvalue weighted by molar-refractivity contribution is 9.10. The maximum absolute atomic E-state index is 13.1. The van der Waals surface area contributed by atoms with Gasteiger partial charge >= 0.3 is 5.97 Å². The van der Waals surface area contributed by atoms with E-state index in [1.165, 1.54) is 22.2 Å². The van der Waals surface area contributed by atoms with Crippen LogP contribution in [0.5, 0.6) is 0 Å². The molecular formula is C20H14BrN3O4S. The predicted molar refractivity (Wildman–Crippen MR) is 111 cm³/mol. The number of esters is 1. The van der Waals surface area contributed by atoms with Crippen LogP contribution in [0.25, 0.3) is 5.65 Å². The molecule has 5 rings (SSSR count). The largest absolute Gasteiger partial charge is 0.457 e. The summed E-state index contributed by atoms with van der Waals surface area (Å²) in [5.74, 6) is -0.589. The number of fused-ring (bicyclic) bond motifs is 4. The Balaban J connectivity index is 1.41. The molecule has 0 N–H and O–H groups in total. The van der Waals surface area contributed by atoms with Crippen molar-refractivity contribution in [3.8, 4) is 0 Å². The van der Waals surface area contributed by atoms with Gasteiger partial charge in [-0.2, -0.15) is 0 Å². The zero-order chi connectivity index (χ0) is 20.2. The topological polar surface area (TPSA) is 81.0 Å². The van der Waals surface area contributed by atoms with E-state index in [-0.39, 0.29) is 18.1 Å². The number of anilines is 1. The van der Waals surface area contributed by atoms with E-state index in [1.54, 1.807) is 23.2 Å². The first kappa shape index (κ1) is 18.4. The molecule has 146 valence electrons. The molecule has 0 saturated carbocycles. The zero-order valence-corrected chi connectivity index (χ0v) is 17.4. The van der Waals surface area contributed by atoms with Gasteiger partial charge in [0.25, 0.3) is 5.56 Å². The van der Waals surface area contributed by atoms with Crippen molar-refractivity contribution in [1.82, 2.24) is 9.38 Å². The van der Waals surface area contributed by atoms with Crippen LogP contribution in [0, 0.1) is 0 Å². The van der Waals surface area contributed by atoms with E-state index in [0.717, 1.165) is 15.1 Å². The van der Waals surface area contributed by atoms with Crippen molar-refractivity contribution >= 4 is 50.9 Å². The molecule has 29 heavy (non-hydrogen) atoms. The molecule has 7 nitrogen and oxygen atoms in total. The van der Waals surface area contributed by atoms with E-state index in [4.69, 9.17) is 4.74 Å². The molecule has 2 aromatic heterocycles. The minimum Gasteiger partial charge on any atom is -0.457 e. The second kappa shape index (κ2) is 6.70. The summed E-state index contributed by atoms with van der Waals surface area (Å²) >= 11 is 4.67. The highest BCUT2D eigenvalue weighted by atomic mass is 79.9. The van der Waals surface area contributed by atoms with Crippen LogP contribution in [0.2, 0.25) is 0 Å². The molecule has 1 fully saturated rings. The third-order valence-corrected chi connectivity index (χ3v) is 6.95. The summed E-state index contributed by atoms with van der Waals surface area (Å²) in [5, 5.41) is 0. The molecular weight excluding hydrogens is 458 g/mol. The molecule has 1 aromatic carbocycles. The van der Waals surface area contributed by atoms with Crippen molar-refractivity contribution in [3.63, 3.8) is 0 Å². The van der Waals surface area contributed by atoms with E-state index in [1.807, 2.05) is 24.3 Å². The van der Waals surface area contributed by atoms with Crippen LogP contribution in [-0.4, -0.2) is 26.1 Å². The first-order chi connectivity index (χ1) is 14.0. The molecule has 1 atom stereocenters. The SMILES string of the molecule is O=C1CCC2(C(=O)OCc3cc(=O)n4cc(Br)ccc4n3)Sc3ccccc3N12. The number of hydrogen-bond acceptors (Lipinski definition) is 6. The van der Waals surface area contributed by atoms with E-state index in [9.17, 15) is 14.4 Å². The van der Waals surface area contributed by atoms with E-state index >= 15 is 0 Å². The number of hydrogen-bond donors (Lipinski definition) is 0. The monoisotopic (exact) mass is 471 g/mol. The van der Waals surface area contributed by atoms with Crippen molar-refractivity contribution in [2.75, 3.05) is 4.90 Å². The fraction of sp³-hybridized carbons (Fsp3) is 0.200. The minimum atomic E-state index is -1.09. The van der Waals surface area contributed by atoms with E-state index < -0.39 is 10.8 Å². The van der Waals surface area contributed by atoms with Gasteiger partial charge < -0.3 is 4.74 Å². The molecule has 2 aliphatic rings. The van der Waals surface area contributed by atoms with Gasteiger partial charge in [-0.05, 0) is 40.2 Å². The number of rotatable bonds is 3. The summed E-state index contributed by atoms with van der Waals surface area (Å²) in [4.78, 5) is 43.6. The number of pyridine rings is 1. The number of carbonyl (C=O) groups is 2. The maximum Gasteiger partial charge on any atom is 0.343 e. The lowest BCUT2D eigenvalue weighted by Crippen LogP contribution is -2.47. The Morgan fingerprint density at radius 2 is 2.07 bits per heavy atom. The normalized spacial score (nSPS) is 20.0. The van der Waals surface area contributed by atoms with Crippen LogP contribution in [0.15, 0.2) is 62.8 Å². The molecule has 0 spiro atoms. The van der Waals surface area contributed by atoms with Gasteiger partial charge in [-0.25, -0.2) is 9.78 Å². The van der Waals surface area contributed by atoms with E-state index in [0.29, 0.717) is 24.2 Å². The lowest BCUT2D eigenvalue weighted by atomic mass is 10.2. The highest BCUT2D eigenvalue weighted by Crippen LogP contribution is 2.56. The number of benzene rings is 1. The number of aromatic nitrogens is 2. The number of halogens is 1. The molecule has 1 amide bonds. The van der Waals surface area contributed by atoms with Crippen molar-refractivity contribution in [2.45, 2.75) is 29.2 Å². The summed E-state index contributed by atoms with van der Waals surface area (Å²) < 4.78 is 7.72. The number of nitrogens with zero attached hydrogens (tertiary/aromatic N) is 3. The third kappa shape index (κ3) is 2.87. The van der Waals surface area contributed by atoms with Crippen LogP contribution in [0.1, 0.15) is 18.5 Å².